The predicted octanol–water partition coefficient (Wildman–Crippen LogP) is 3.88. The van der Waals surface area contributed by atoms with E-state index in [1.807, 2.05) is 37.3 Å². The van der Waals surface area contributed by atoms with Gasteiger partial charge in [0.2, 0.25) is 0 Å². The van der Waals surface area contributed by atoms with Gasteiger partial charge in [0, 0.05) is 43.6 Å². The van der Waals surface area contributed by atoms with Gasteiger partial charge in [0.15, 0.2) is 5.16 Å². The minimum Gasteiger partial charge on any atom is -0.379 e. The molecular weight excluding hydrogens is 428 g/mol. The van der Waals surface area contributed by atoms with E-state index in [2.05, 4.69) is 4.90 Å². The third kappa shape index (κ3) is 5.17. The molecule has 1 atom stereocenters. The van der Waals surface area contributed by atoms with E-state index < -0.39 is 4.92 Å². The molecule has 0 N–H and O–H groups in total. The van der Waals surface area contributed by atoms with Crippen molar-refractivity contribution >= 4 is 28.4 Å². The average Bonchev–Trinajstić information content (AvgIpc) is 2.82. The van der Waals surface area contributed by atoms with E-state index in [1.165, 1.54) is 17.8 Å². The van der Waals surface area contributed by atoms with E-state index in [0.717, 1.165) is 44.8 Å². The first-order valence-electron chi connectivity index (χ1n) is 10.7. The molecule has 3 aromatic rings. The van der Waals surface area contributed by atoms with E-state index in [9.17, 15) is 14.9 Å². The fourth-order valence-electron chi connectivity index (χ4n) is 3.83. The van der Waals surface area contributed by atoms with Gasteiger partial charge in [-0.1, -0.05) is 36.0 Å². The fraction of sp³-hybridized carbons (Fsp3) is 0.391. The molecule has 0 saturated carbocycles. The number of fused-ring (bicyclic) bond motifs is 1. The maximum absolute atomic E-state index is 13.3. The van der Waals surface area contributed by atoms with Crippen LogP contribution < -0.4 is 5.56 Å². The van der Waals surface area contributed by atoms with Crippen LogP contribution in [0.1, 0.15) is 24.2 Å². The lowest BCUT2D eigenvalue weighted by Gasteiger charge is -2.26. The summed E-state index contributed by atoms with van der Waals surface area (Å²) in [6.45, 7) is 6.76. The Morgan fingerprint density at radius 1 is 1.16 bits per heavy atom. The summed E-state index contributed by atoms with van der Waals surface area (Å²) in [7, 11) is 0. The molecule has 8 nitrogen and oxygen atoms in total. The van der Waals surface area contributed by atoms with E-state index >= 15 is 0 Å². The van der Waals surface area contributed by atoms with Crippen LogP contribution in [0.5, 0.6) is 0 Å². The summed E-state index contributed by atoms with van der Waals surface area (Å²) in [4.78, 5) is 31.2. The number of aromatic nitrogens is 2. The fourth-order valence-corrected chi connectivity index (χ4v) is 4.88. The van der Waals surface area contributed by atoms with Gasteiger partial charge in [-0.15, -0.1) is 0 Å². The number of non-ortho nitro benzene ring substituents is 1. The van der Waals surface area contributed by atoms with Crippen molar-refractivity contribution in [3.8, 4) is 0 Å². The molecule has 0 unspecified atom stereocenters. The van der Waals surface area contributed by atoms with Crippen LogP contribution >= 0.6 is 11.8 Å². The van der Waals surface area contributed by atoms with Gasteiger partial charge in [0.25, 0.3) is 11.2 Å². The van der Waals surface area contributed by atoms with Crippen LogP contribution in [-0.4, -0.2) is 52.2 Å². The van der Waals surface area contributed by atoms with Gasteiger partial charge in [-0.2, -0.15) is 0 Å². The molecule has 1 aliphatic rings. The molecule has 1 aromatic heterocycles. The highest BCUT2D eigenvalue weighted by molar-refractivity contribution is 7.99. The van der Waals surface area contributed by atoms with Crippen molar-refractivity contribution in [1.82, 2.24) is 14.5 Å². The van der Waals surface area contributed by atoms with E-state index in [-0.39, 0.29) is 16.5 Å². The second kappa shape index (κ2) is 10.2. The summed E-state index contributed by atoms with van der Waals surface area (Å²) < 4.78 is 7.16. The van der Waals surface area contributed by atoms with Gasteiger partial charge in [0.1, 0.15) is 0 Å². The molecule has 2 aromatic carbocycles. The molecule has 0 bridgehead atoms. The number of morpholine rings is 1. The van der Waals surface area contributed by atoms with Crippen molar-refractivity contribution in [2.75, 3.05) is 32.8 Å². The third-order valence-corrected chi connectivity index (χ3v) is 6.77. The number of nitro benzene ring substituents is 1. The SMILES string of the molecule is C[C@@H](Sc1nc2ccccc2c(=O)n1CCCN1CCOCC1)c1cccc([N+](=O)[O-])c1. The molecule has 4 rings (SSSR count). The van der Waals surface area contributed by atoms with Gasteiger partial charge in [-0.05, 0) is 31.0 Å². The molecule has 0 radical (unpaired) electrons. The first-order chi connectivity index (χ1) is 15.5. The number of thioether (sulfide) groups is 1. The largest absolute Gasteiger partial charge is 0.379 e. The molecule has 1 aliphatic heterocycles. The zero-order valence-electron chi connectivity index (χ0n) is 18.0. The van der Waals surface area contributed by atoms with Crippen molar-refractivity contribution in [3.05, 3.63) is 74.6 Å². The lowest BCUT2D eigenvalue weighted by molar-refractivity contribution is -0.384. The van der Waals surface area contributed by atoms with Gasteiger partial charge >= 0.3 is 0 Å². The lowest BCUT2D eigenvalue weighted by Crippen LogP contribution is -2.37. The quantitative estimate of drug-likeness (QED) is 0.221. The molecule has 2 heterocycles. The summed E-state index contributed by atoms with van der Waals surface area (Å²) >= 11 is 1.45. The number of nitro groups is 1. The zero-order valence-corrected chi connectivity index (χ0v) is 18.8. The van der Waals surface area contributed by atoms with Gasteiger partial charge in [0.05, 0.1) is 29.0 Å². The van der Waals surface area contributed by atoms with Gasteiger partial charge < -0.3 is 4.74 Å². The summed E-state index contributed by atoms with van der Waals surface area (Å²) in [6, 6.07) is 14.0. The Morgan fingerprint density at radius 2 is 1.94 bits per heavy atom. The second-order valence-electron chi connectivity index (χ2n) is 7.79. The van der Waals surface area contributed by atoms with Gasteiger partial charge in [-0.3, -0.25) is 24.4 Å². The molecule has 1 fully saturated rings. The standard InChI is InChI=1S/C23H26N4O4S/c1-17(18-6-4-7-19(16-18)27(29)30)32-23-24-21-9-3-2-8-20(21)22(28)26(23)11-5-10-25-12-14-31-15-13-25/h2-4,6-9,16-17H,5,10-15H2,1H3/t17-/m1/s1. The monoisotopic (exact) mass is 454 g/mol. The Labute approximate surface area is 190 Å². The van der Waals surface area contributed by atoms with Crippen LogP contribution in [0.25, 0.3) is 10.9 Å². The van der Waals surface area contributed by atoms with Crippen LogP contribution in [0.3, 0.4) is 0 Å². The summed E-state index contributed by atoms with van der Waals surface area (Å²) in [5, 5.41) is 12.3. The number of rotatable bonds is 8. The number of hydrogen-bond acceptors (Lipinski definition) is 7. The number of ether oxygens (including phenoxy) is 1. The Kier molecular flexibility index (Phi) is 7.19. The smallest absolute Gasteiger partial charge is 0.269 e. The summed E-state index contributed by atoms with van der Waals surface area (Å²) in [5.41, 5.74) is 1.50. The molecule has 1 saturated heterocycles. The molecule has 168 valence electrons. The minimum absolute atomic E-state index is 0.0497. The molecule has 9 heteroatoms. The maximum atomic E-state index is 13.3. The first-order valence-corrected chi connectivity index (χ1v) is 11.6. The highest BCUT2D eigenvalue weighted by atomic mass is 32.2. The summed E-state index contributed by atoms with van der Waals surface area (Å²) in [6.07, 6.45) is 0.832. The Balaban J connectivity index is 1.60. The van der Waals surface area contributed by atoms with E-state index in [4.69, 9.17) is 9.72 Å². The molecule has 32 heavy (non-hydrogen) atoms. The topological polar surface area (TPSA) is 90.5 Å². The van der Waals surface area contributed by atoms with E-state index in [0.29, 0.717) is 22.6 Å². The predicted molar refractivity (Wildman–Crippen MR) is 125 cm³/mol. The van der Waals surface area contributed by atoms with Crippen LogP contribution in [0.2, 0.25) is 0 Å². The number of hydrogen-bond donors (Lipinski definition) is 0. The second-order valence-corrected chi connectivity index (χ2v) is 9.10. The van der Waals surface area contributed by atoms with Crippen LogP contribution in [-0.2, 0) is 11.3 Å². The lowest BCUT2D eigenvalue weighted by atomic mass is 10.1. The Bertz CT molecular complexity index is 1160. The average molecular weight is 455 g/mol. The van der Waals surface area contributed by atoms with Gasteiger partial charge in [-0.25, -0.2) is 4.98 Å². The molecular formula is C23H26N4O4S. The molecule has 0 aliphatic carbocycles. The summed E-state index contributed by atoms with van der Waals surface area (Å²) in [5.74, 6) is 0. The van der Waals surface area contributed by atoms with Crippen molar-refractivity contribution in [2.24, 2.45) is 0 Å². The number of para-hydroxylation sites is 1. The Morgan fingerprint density at radius 3 is 2.72 bits per heavy atom. The van der Waals surface area contributed by atoms with Crippen molar-refractivity contribution in [1.29, 1.82) is 0 Å². The normalized spacial score (nSPS) is 15.7. The minimum atomic E-state index is -0.392. The maximum Gasteiger partial charge on any atom is 0.269 e. The molecule has 0 spiro atoms. The third-order valence-electron chi connectivity index (χ3n) is 5.62. The Hall–Kier alpha value is -2.75. The number of benzene rings is 2. The van der Waals surface area contributed by atoms with Crippen LogP contribution in [0.15, 0.2) is 58.5 Å². The zero-order chi connectivity index (χ0) is 22.5. The van der Waals surface area contributed by atoms with Crippen LogP contribution in [0, 0.1) is 10.1 Å². The highest BCUT2D eigenvalue weighted by Crippen LogP contribution is 2.35. The van der Waals surface area contributed by atoms with Crippen molar-refractivity contribution < 1.29 is 9.66 Å². The van der Waals surface area contributed by atoms with E-state index in [1.54, 1.807) is 16.7 Å². The first kappa shape index (κ1) is 22.4. The highest BCUT2D eigenvalue weighted by Gasteiger charge is 2.18. The van der Waals surface area contributed by atoms with Crippen molar-refractivity contribution in [3.63, 3.8) is 0 Å². The molecule has 0 amide bonds. The van der Waals surface area contributed by atoms with Crippen molar-refractivity contribution in [2.45, 2.75) is 30.3 Å². The number of nitrogens with zero attached hydrogens (tertiary/aromatic N) is 4. The van der Waals surface area contributed by atoms with Crippen LogP contribution in [0.4, 0.5) is 5.69 Å².